The molecule has 158 valence electrons. The van der Waals surface area contributed by atoms with Crippen LogP contribution in [0.3, 0.4) is 0 Å². The summed E-state index contributed by atoms with van der Waals surface area (Å²) in [6.07, 6.45) is -2.20. The van der Waals surface area contributed by atoms with Gasteiger partial charge in [-0.3, -0.25) is 14.6 Å². The van der Waals surface area contributed by atoms with E-state index in [1.165, 1.54) is 13.1 Å². The summed E-state index contributed by atoms with van der Waals surface area (Å²) >= 11 is 0. The molecular weight excluding hydrogens is 395 g/mol. The molecule has 0 bridgehead atoms. The average molecular weight is 415 g/mol. The standard InChI is InChI=1S/C17H20F3N5O4/c1-8-23-15(25-29-8)16(2,14(21)27)24-13(26)11-5-12(28-7-17(18,19)20)10(6-22-11)9-3-4-9/h5-6,8-9H,3-4,7H2,1-2H3,(H2,21,27)(H,23,25)(H,24,26). The lowest BCUT2D eigenvalue weighted by atomic mass is 9.99. The number of amidine groups is 1. The fourth-order valence-electron chi connectivity index (χ4n) is 2.69. The van der Waals surface area contributed by atoms with Crippen molar-refractivity contribution in [3.05, 3.63) is 23.5 Å². The minimum absolute atomic E-state index is 0.00556. The Bertz CT molecular complexity index is 856. The number of primary amides is 1. The van der Waals surface area contributed by atoms with E-state index in [1.54, 1.807) is 6.92 Å². The quantitative estimate of drug-likeness (QED) is 0.613. The SMILES string of the molecule is CC1N=C(C(C)(NC(=O)c2cc(OCC(F)(F)F)c(C3CC3)cn2)C(N)=O)NO1. The van der Waals surface area contributed by atoms with Gasteiger partial charge in [0.15, 0.2) is 24.2 Å². The van der Waals surface area contributed by atoms with Crippen molar-refractivity contribution < 1.29 is 32.3 Å². The number of nitrogens with two attached hydrogens (primary N) is 1. The second kappa shape index (κ2) is 7.50. The predicted molar refractivity (Wildman–Crippen MR) is 93.9 cm³/mol. The molecule has 2 heterocycles. The van der Waals surface area contributed by atoms with E-state index >= 15 is 0 Å². The summed E-state index contributed by atoms with van der Waals surface area (Å²) in [5, 5.41) is 2.41. The molecule has 1 aromatic rings. The maximum atomic E-state index is 12.7. The summed E-state index contributed by atoms with van der Waals surface area (Å²) in [5.41, 5.74) is 6.38. The second-order valence-electron chi connectivity index (χ2n) is 7.03. The highest BCUT2D eigenvalue weighted by atomic mass is 19.4. The molecule has 1 saturated carbocycles. The molecule has 2 amide bonds. The molecule has 4 N–H and O–H groups in total. The minimum atomic E-state index is -4.53. The van der Waals surface area contributed by atoms with E-state index in [0.717, 1.165) is 18.9 Å². The van der Waals surface area contributed by atoms with Crippen LogP contribution in [0.1, 0.15) is 48.7 Å². The number of halogens is 3. The molecule has 0 radical (unpaired) electrons. The molecule has 2 atom stereocenters. The van der Waals surface area contributed by atoms with Gasteiger partial charge in [0.05, 0.1) is 0 Å². The van der Waals surface area contributed by atoms with Crippen molar-refractivity contribution in [2.45, 2.75) is 50.6 Å². The predicted octanol–water partition coefficient (Wildman–Crippen LogP) is 1.15. The lowest BCUT2D eigenvalue weighted by Crippen LogP contribution is -2.63. The summed E-state index contributed by atoms with van der Waals surface area (Å²) in [5.74, 6) is -1.78. The van der Waals surface area contributed by atoms with E-state index in [4.69, 9.17) is 15.3 Å². The van der Waals surface area contributed by atoms with Crippen LogP contribution in [-0.4, -0.2) is 47.2 Å². The first kappa shape index (κ1) is 20.8. The number of carbonyl (C=O) groups is 2. The number of aliphatic imine (C=N–C) groups is 1. The van der Waals surface area contributed by atoms with Crippen LogP contribution in [0.25, 0.3) is 0 Å². The number of amides is 2. The van der Waals surface area contributed by atoms with Crippen LogP contribution in [-0.2, 0) is 9.63 Å². The maximum absolute atomic E-state index is 12.7. The Labute approximate surface area is 163 Å². The van der Waals surface area contributed by atoms with Gasteiger partial charge >= 0.3 is 6.18 Å². The first-order valence-electron chi connectivity index (χ1n) is 8.81. The zero-order valence-electron chi connectivity index (χ0n) is 15.7. The number of nitrogens with one attached hydrogen (secondary N) is 2. The number of nitrogens with zero attached hydrogens (tertiary/aromatic N) is 2. The van der Waals surface area contributed by atoms with E-state index in [0.29, 0.717) is 5.56 Å². The van der Waals surface area contributed by atoms with Crippen molar-refractivity contribution in [2.75, 3.05) is 6.61 Å². The van der Waals surface area contributed by atoms with Crippen molar-refractivity contribution in [3.63, 3.8) is 0 Å². The van der Waals surface area contributed by atoms with Gasteiger partial charge in [0.25, 0.3) is 11.8 Å². The fraction of sp³-hybridized carbons (Fsp3) is 0.529. The highest BCUT2D eigenvalue weighted by Gasteiger charge is 2.42. The van der Waals surface area contributed by atoms with Gasteiger partial charge in [-0.1, -0.05) is 0 Å². The highest BCUT2D eigenvalue weighted by Crippen LogP contribution is 2.44. The number of hydrogen-bond donors (Lipinski definition) is 3. The Morgan fingerprint density at radius 1 is 1.41 bits per heavy atom. The first-order chi connectivity index (χ1) is 13.5. The van der Waals surface area contributed by atoms with Gasteiger partial charge in [-0.2, -0.15) is 13.2 Å². The Hall–Kier alpha value is -2.89. The molecule has 0 saturated heterocycles. The van der Waals surface area contributed by atoms with Crippen LogP contribution in [0.2, 0.25) is 0 Å². The zero-order chi connectivity index (χ0) is 21.4. The summed E-state index contributed by atoms with van der Waals surface area (Å²) in [7, 11) is 0. The average Bonchev–Trinajstić information content (AvgIpc) is 3.39. The van der Waals surface area contributed by atoms with E-state index in [-0.39, 0.29) is 23.2 Å². The van der Waals surface area contributed by atoms with Crippen molar-refractivity contribution in [1.29, 1.82) is 0 Å². The first-order valence-corrected chi connectivity index (χ1v) is 8.81. The van der Waals surface area contributed by atoms with Gasteiger partial charge in [-0.15, -0.1) is 0 Å². The van der Waals surface area contributed by atoms with Crippen LogP contribution < -0.4 is 21.3 Å². The molecule has 0 aromatic carbocycles. The number of hydrogen-bond acceptors (Lipinski definition) is 7. The number of alkyl halides is 3. The van der Waals surface area contributed by atoms with Gasteiger partial charge in [-0.05, 0) is 32.6 Å². The Morgan fingerprint density at radius 3 is 2.62 bits per heavy atom. The molecule has 3 rings (SSSR count). The summed E-state index contributed by atoms with van der Waals surface area (Å²) in [4.78, 5) is 37.7. The van der Waals surface area contributed by atoms with E-state index in [2.05, 4.69) is 20.8 Å². The number of hydroxylamine groups is 1. The number of rotatable bonds is 7. The molecule has 1 aliphatic carbocycles. The molecule has 0 spiro atoms. The van der Waals surface area contributed by atoms with Crippen LogP contribution in [0.4, 0.5) is 13.2 Å². The van der Waals surface area contributed by atoms with Crippen LogP contribution in [0, 0.1) is 0 Å². The highest BCUT2D eigenvalue weighted by molar-refractivity contribution is 6.14. The van der Waals surface area contributed by atoms with Crippen molar-refractivity contribution >= 4 is 17.6 Å². The lowest BCUT2D eigenvalue weighted by molar-refractivity contribution is -0.153. The Kier molecular flexibility index (Phi) is 5.39. The topological polar surface area (TPSA) is 128 Å². The monoisotopic (exact) mass is 415 g/mol. The Morgan fingerprint density at radius 2 is 2.10 bits per heavy atom. The van der Waals surface area contributed by atoms with Crippen molar-refractivity contribution in [3.8, 4) is 5.75 Å². The maximum Gasteiger partial charge on any atom is 0.422 e. The molecule has 1 aliphatic heterocycles. The van der Waals surface area contributed by atoms with Crippen LogP contribution in [0.15, 0.2) is 17.3 Å². The molecule has 1 aromatic heterocycles. The molecule has 9 nitrogen and oxygen atoms in total. The van der Waals surface area contributed by atoms with Gasteiger partial charge in [0.1, 0.15) is 11.4 Å². The smallest absolute Gasteiger partial charge is 0.422 e. The fourth-order valence-corrected chi connectivity index (χ4v) is 2.69. The number of ether oxygens (including phenoxy) is 1. The number of carbonyl (C=O) groups excluding carboxylic acids is 2. The molecule has 29 heavy (non-hydrogen) atoms. The third-order valence-corrected chi connectivity index (χ3v) is 4.50. The molecular formula is C17H20F3N5O4. The molecule has 2 aliphatic rings. The van der Waals surface area contributed by atoms with E-state index < -0.39 is 36.4 Å². The zero-order valence-corrected chi connectivity index (χ0v) is 15.7. The molecule has 1 fully saturated rings. The second-order valence-corrected chi connectivity index (χ2v) is 7.03. The summed E-state index contributed by atoms with van der Waals surface area (Å²) < 4.78 is 42.6. The third-order valence-electron chi connectivity index (χ3n) is 4.50. The van der Waals surface area contributed by atoms with E-state index in [1.807, 2.05) is 0 Å². The molecule has 2 unspecified atom stereocenters. The van der Waals surface area contributed by atoms with Gasteiger partial charge in [-0.25, -0.2) is 15.3 Å². The van der Waals surface area contributed by atoms with Gasteiger partial charge in [0, 0.05) is 17.8 Å². The Balaban J connectivity index is 1.84. The minimum Gasteiger partial charge on any atom is -0.484 e. The summed E-state index contributed by atoms with van der Waals surface area (Å²) in [6.45, 7) is 1.43. The number of pyridine rings is 1. The summed E-state index contributed by atoms with van der Waals surface area (Å²) in [6, 6.07) is 1.12. The van der Waals surface area contributed by atoms with E-state index in [9.17, 15) is 22.8 Å². The van der Waals surface area contributed by atoms with Crippen molar-refractivity contribution in [1.82, 2.24) is 15.8 Å². The van der Waals surface area contributed by atoms with Crippen LogP contribution in [0.5, 0.6) is 5.75 Å². The lowest BCUT2D eigenvalue weighted by Gasteiger charge is -2.26. The third kappa shape index (κ3) is 4.75. The normalized spacial score (nSPS) is 21.0. The van der Waals surface area contributed by atoms with Crippen molar-refractivity contribution in [2.24, 2.45) is 10.7 Å². The number of aromatic nitrogens is 1. The van der Waals surface area contributed by atoms with Gasteiger partial charge < -0.3 is 15.8 Å². The van der Waals surface area contributed by atoms with Gasteiger partial charge in [0.2, 0.25) is 0 Å². The van der Waals surface area contributed by atoms with Crippen LogP contribution >= 0.6 is 0 Å². The largest absolute Gasteiger partial charge is 0.484 e. The molecule has 12 heteroatoms.